The summed E-state index contributed by atoms with van der Waals surface area (Å²) in [5.74, 6) is 0.877. The predicted octanol–water partition coefficient (Wildman–Crippen LogP) is 4.91. The van der Waals surface area contributed by atoms with Crippen LogP contribution in [0.3, 0.4) is 0 Å². The molecule has 24 heavy (non-hydrogen) atoms. The van der Waals surface area contributed by atoms with Crippen LogP contribution in [0.1, 0.15) is 5.56 Å². The van der Waals surface area contributed by atoms with E-state index in [2.05, 4.69) is 26.6 Å². The van der Waals surface area contributed by atoms with Gasteiger partial charge in [0.25, 0.3) is 0 Å². The Balaban J connectivity index is 2.06. The lowest BCUT2D eigenvalue weighted by atomic mass is 10.2. The van der Waals surface area contributed by atoms with Crippen molar-refractivity contribution in [2.45, 2.75) is 0 Å². The molecule has 0 radical (unpaired) electrons. The second-order valence-corrected chi connectivity index (χ2v) is 5.90. The van der Waals surface area contributed by atoms with E-state index in [-0.39, 0.29) is 0 Å². The van der Waals surface area contributed by atoms with E-state index in [0.717, 1.165) is 10.0 Å². The third kappa shape index (κ3) is 4.66. The second-order valence-electron chi connectivity index (χ2n) is 4.64. The van der Waals surface area contributed by atoms with Crippen LogP contribution in [-0.2, 0) is 0 Å². The average Bonchev–Trinajstić information content (AvgIpc) is 2.57. The number of rotatable bonds is 5. The average molecular weight is 412 g/mol. The Morgan fingerprint density at radius 1 is 1.17 bits per heavy atom. The van der Waals surface area contributed by atoms with Gasteiger partial charge in [0, 0.05) is 22.8 Å². The van der Waals surface area contributed by atoms with Crippen molar-refractivity contribution >= 4 is 45.3 Å². The van der Waals surface area contributed by atoms with Gasteiger partial charge in [0.1, 0.15) is 11.5 Å². The third-order valence-corrected chi connectivity index (χ3v) is 4.12. The number of nitrogens with one attached hydrogen (secondary N) is 2. The van der Waals surface area contributed by atoms with Crippen LogP contribution in [0.15, 0.2) is 47.1 Å². The SMILES string of the molecule is COc1cc(NC(=O)N/C=C/c2ccccc2Br)c(OC)cc1Cl. The topological polar surface area (TPSA) is 59.6 Å². The van der Waals surface area contributed by atoms with E-state index in [4.69, 9.17) is 21.1 Å². The van der Waals surface area contributed by atoms with Crippen molar-refractivity contribution in [2.24, 2.45) is 0 Å². The Morgan fingerprint density at radius 3 is 2.54 bits per heavy atom. The number of carbonyl (C=O) groups excluding carboxylic acids is 1. The quantitative estimate of drug-likeness (QED) is 0.735. The van der Waals surface area contributed by atoms with E-state index in [1.807, 2.05) is 24.3 Å². The zero-order chi connectivity index (χ0) is 17.5. The fourth-order valence-corrected chi connectivity index (χ4v) is 2.58. The van der Waals surface area contributed by atoms with Gasteiger partial charge in [0.15, 0.2) is 0 Å². The molecule has 2 amide bonds. The predicted molar refractivity (Wildman–Crippen MR) is 99.9 cm³/mol. The number of halogens is 2. The lowest BCUT2D eigenvalue weighted by Gasteiger charge is -2.12. The Labute approximate surface area is 153 Å². The molecule has 0 fully saturated rings. The van der Waals surface area contributed by atoms with E-state index in [1.54, 1.807) is 24.4 Å². The largest absolute Gasteiger partial charge is 0.495 e. The standard InChI is InChI=1S/C17H16BrClN2O3/c1-23-15-10-14(16(24-2)9-13(15)19)21-17(22)20-8-7-11-5-3-4-6-12(11)18/h3-10H,1-2H3,(H2,20,21,22)/b8-7+. The van der Waals surface area contributed by atoms with Gasteiger partial charge < -0.3 is 20.1 Å². The first-order valence-corrected chi connectivity index (χ1v) is 8.12. The van der Waals surface area contributed by atoms with E-state index < -0.39 is 6.03 Å². The number of urea groups is 1. The Hall–Kier alpha value is -2.18. The summed E-state index contributed by atoms with van der Waals surface area (Å²) < 4.78 is 11.3. The zero-order valence-corrected chi connectivity index (χ0v) is 15.4. The molecule has 0 bridgehead atoms. The fourth-order valence-electron chi connectivity index (χ4n) is 1.93. The van der Waals surface area contributed by atoms with Crippen LogP contribution < -0.4 is 20.1 Å². The molecule has 5 nitrogen and oxygen atoms in total. The first kappa shape index (κ1) is 18.2. The minimum atomic E-state index is -0.416. The molecule has 2 aromatic carbocycles. The Morgan fingerprint density at radius 2 is 1.88 bits per heavy atom. The van der Waals surface area contributed by atoms with Crippen LogP contribution in [0.2, 0.25) is 5.02 Å². The molecule has 126 valence electrons. The highest BCUT2D eigenvalue weighted by Crippen LogP contribution is 2.35. The number of anilines is 1. The first-order chi connectivity index (χ1) is 11.5. The maximum Gasteiger partial charge on any atom is 0.323 e. The van der Waals surface area contributed by atoms with Crippen molar-refractivity contribution in [3.63, 3.8) is 0 Å². The van der Waals surface area contributed by atoms with E-state index in [9.17, 15) is 4.79 Å². The molecule has 0 heterocycles. The Kier molecular flexibility index (Phi) is 6.52. The molecule has 2 aromatic rings. The Bertz CT molecular complexity index is 765. The van der Waals surface area contributed by atoms with E-state index in [1.165, 1.54) is 14.2 Å². The van der Waals surface area contributed by atoms with Gasteiger partial charge in [-0.15, -0.1) is 0 Å². The summed E-state index contributed by atoms with van der Waals surface area (Å²) in [4.78, 5) is 12.0. The van der Waals surface area contributed by atoms with Crippen LogP contribution in [0.4, 0.5) is 10.5 Å². The molecule has 0 unspecified atom stereocenters. The highest BCUT2D eigenvalue weighted by Gasteiger charge is 2.11. The molecule has 0 spiro atoms. The van der Waals surface area contributed by atoms with Gasteiger partial charge in [-0.25, -0.2) is 4.79 Å². The summed E-state index contributed by atoms with van der Waals surface area (Å²) in [5, 5.41) is 5.71. The number of amides is 2. The summed E-state index contributed by atoms with van der Waals surface area (Å²) in [5.41, 5.74) is 1.40. The first-order valence-electron chi connectivity index (χ1n) is 6.95. The number of carbonyl (C=O) groups is 1. The summed E-state index contributed by atoms with van der Waals surface area (Å²) in [7, 11) is 2.99. The van der Waals surface area contributed by atoms with Crippen LogP contribution in [0.25, 0.3) is 6.08 Å². The molecule has 0 saturated carbocycles. The monoisotopic (exact) mass is 410 g/mol. The smallest absolute Gasteiger partial charge is 0.323 e. The second kappa shape index (κ2) is 8.61. The van der Waals surface area contributed by atoms with Crippen molar-refractivity contribution in [3.8, 4) is 11.5 Å². The van der Waals surface area contributed by atoms with Gasteiger partial charge in [-0.3, -0.25) is 0 Å². The summed E-state index contributed by atoms with van der Waals surface area (Å²) in [6.07, 6.45) is 3.33. The van der Waals surface area contributed by atoms with Crippen molar-refractivity contribution < 1.29 is 14.3 Å². The normalized spacial score (nSPS) is 10.5. The fraction of sp³-hybridized carbons (Fsp3) is 0.118. The van der Waals surface area contributed by atoms with Gasteiger partial charge in [-0.1, -0.05) is 45.7 Å². The molecular formula is C17H16BrClN2O3. The number of ether oxygens (including phenoxy) is 2. The van der Waals surface area contributed by atoms with Crippen molar-refractivity contribution in [1.82, 2.24) is 5.32 Å². The minimum absolute atomic E-state index is 0.397. The molecule has 0 aliphatic rings. The molecule has 0 aromatic heterocycles. The van der Waals surface area contributed by atoms with Crippen LogP contribution in [0.5, 0.6) is 11.5 Å². The van der Waals surface area contributed by atoms with Crippen molar-refractivity contribution in [3.05, 3.63) is 57.7 Å². The number of hydrogen-bond donors (Lipinski definition) is 2. The summed E-state index contributed by atoms with van der Waals surface area (Å²) >= 11 is 9.47. The zero-order valence-electron chi connectivity index (χ0n) is 13.1. The number of methoxy groups -OCH3 is 2. The van der Waals surface area contributed by atoms with Gasteiger partial charge >= 0.3 is 6.03 Å². The number of benzene rings is 2. The van der Waals surface area contributed by atoms with Crippen LogP contribution in [-0.4, -0.2) is 20.3 Å². The van der Waals surface area contributed by atoms with Crippen molar-refractivity contribution in [2.75, 3.05) is 19.5 Å². The van der Waals surface area contributed by atoms with Gasteiger partial charge in [0.05, 0.1) is 24.9 Å². The van der Waals surface area contributed by atoms with Crippen LogP contribution in [0, 0.1) is 0 Å². The maximum atomic E-state index is 12.0. The lowest BCUT2D eigenvalue weighted by Crippen LogP contribution is -2.24. The molecule has 7 heteroatoms. The van der Waals surface area contributed by atoms with E-state index in [0.29, 0.717) is 22.2 Å². The third-order valence-electron chi connectivity index (χ3n) is 3.10. The van der Waals surface area contributed by atoms with Gasteiger partial charge in [-0.05, 0) is 17.7 Å². The molecule has 0 atom stereocenters. The molecule has 2 rings (SSSR count). The number of hydrogen-bond acceptors (Lipinski definition) is 3. The summed E-state index contributed by atoms with van der Waals surface area (Å²) in [6, 6.07) is 10.4. The summed E-state index contributed by atoms with van der Waals surface area (Å²) in [6.45, 7) is 0. The van der Waals surface area contributed by atoms with Gasteiger partial charge in [0.2, 0.25) is 0 Å². The van der Waals surface area contributed by atoms with Crippen molar-refractivity contribution in [1.29, 1.82) is 0 Å². The van der Waals surface area contributed by atoms with Crippen LogP contribution >= 0.6 is 27.5 Å². The maximum absolute atomic E-state index is 12.0. The minimum Gasteiger partial charge on any atom is -0.495 e. The molecule has 0 aliphatic carbocycles. The molecule has 0 saturated heterocycles. The highest BCUT2D eigenvalue weighted by molar-refractivity contribution is 9.10. The molecule has 2 N–H and O–H groups in total. The molecule has 0 aliphatic heterocycles. The lowest BCUT2D eigenvalue weighted by molar-refractivity contribution is 0.255. The van der Waals surface area contributed by atoms with E-state index >= 15 is 0 Å². The molecular weight excluding hydrogens is 396 g/mol. The van der Waals surface area contributed by atoms with Gasteiger partial charge in [-0.2, -0.15) is 0 Å². The highest BCUT2D eigenvalue weighted by atomic mass is 79.9.